The molecule has 0 amide bonds. The van der Waals surface area contributed by atoms with Crippen molar-refractivity contribution in [3.8, 4) is 11.3 Å². The fourth-order valence-electron chi connectivity index (χ4n) is 3.82. The van der Waals surface area contributed by atoms with Crippen LogP contribution in [0.25, 0.3) is 11.3 Å². The molecule has 0 atom stereocenters. The molecule has 0 unspecified atom stereocenters. The highest BCUT2D eigenvalue weighted by Gasteiger charge is 2.25. The quantitative estimate of drug-likeness (QED) is 0.639. The van der Waals surface area contributed by atoms with Crippen molar-refractivity contribution in [2.24, 2.45) is 7.05 Å². The lowest BCUT2D eigenvalue weighted by Crippen LogP contribution is -2.33. The number of thiazole rings is 1. The van der Waals surface area contributed by atoms with E-state index in [0.717, 1.165) is 56.4 Å². The number of nitrogens with zero attached hydrogens (tertiary/aromatic N) is 6. The van der Waals surface area contributed by atoms with Crippen molar-refractivity contribution in [1.29, 1.82) is 0 Å². The lowest BCUT2D eigenvalue weighted by atomic mass is 9.96. The normalized spacial score (nSPS) is 16.1. The van der Waals surface area contributed by atoms with Gasteiger partial charge in [-0.05, 0) is 40.0 Å². The van der Waals surface area contributed by atoms with Crippen LogP contribution in [0.4, 0.5) is 0 Å². The molecule has 3 heterocycles. The Kier molecular flexibility index (Phi) is 5.85. The van der Waals surface area contributed by atoms with E-state index >= 15 is 0 Å². The third-order valence-electron chi connectivity index (χ3n) is 5.39. The van der Waals surface area contributed by atoms with Gasteiger partial charge in [0.05, 0.1) is 18.8 Å². The maximum absolute atomic E-state index is 4.84. The van der Waals surface area contributed by atoms with Crippen LogP contribution in [0.5, 0.6) is 0 Å². The van der Waals surface area contributed by atoms with E-state index in [2.05, 4.69) is 75.4 Å². The molecule has 148 valence electrons. The minimum Gasteiger partial charge on any atom is -0.317 e. The molecule has 0 aliphatic carbocycles. The van der Waals surface area contributed by atoms with Crippen LogP contribution in [-0.2, 0) is 20.1 Å². The Morgan fingerprint density at radius 3 is 2.57 bits per heavy atom. The smallest absolute Gasteiger partial charge is 0.146 e. The largest absolute Gasteiger partial charge is 0.317 e. The second-order valence-electron chi connectivity index (χ2n) is 7.81. The summed E-state index contributed by atoms with van der Waals surface area (Å²) >= 11 is 1.76. The van der Waals surface area contributed by atoms with E-state index in [9.17, 15) is 0 Å². The maximum atomic E-state index is 4.84. The molecular formula is C21H28N6S. The van der Waals surface area contributed by atoms with Gasteiger partial charge in [-0.3, -0.25) is 4.90 Å². The summed E-state index contributed by atoms with van der Waals surface area (Å²) in [5.74, 6) is 2.68. The fourth-order valence-corrected chi connectivity index (χ4v) is 4.66. The third kappa shape index (κ3) is 4.32. The van der Waals surface area contributed by atoms with Gasteiger partial charge in [-0.25, -0.2) is 4.98 Å². The van der Waals surface area contributed by atoms with Crippen molar-refractivity contribution in [2.75, 3.05) is 27.2 Å². The minimum absolute atomic E-state index is 0.501. The molecule has 6 nitrogen and oxygen atoms in total. The van der Waals surface area contributed by atoms with E-state index in [4.69, 9.17) is 4.98 Å². The van der Waals surface area contributed by atoms with Crippen LogP contribution in [0.1, 0.15) is 35.4 Å². The van der Waals surface area contributed by atoms with E-state index in [1.165, 1.54) is 10.6 Å². The predicted octanol–water partition coefficient (Wildman–Crippen LogP) is 3.38. The molecule has 1 aliphatic rings. The third-order valence-corrected chi connectivity index (χ3v) is 6.22. The predicted molar refractivity (Wildman–Crippen MR) is 113 cm³/mol. The molecule has 0 bridgehead atoms. The summed E-state index contributed by atoms with van der Waals surface area (Å²) in [4.78, 5) is 9.49. The lowest BCUT2D eigenvalue weighted by Gasteiger charge is -2.30. The van der Waals surface area contributed by atoms with Crippen LogP contribution in [0.2, 0.25) is 0 Å². The van der Waals surface area contributed by atoms with E-state index in [-0.39, 0.29) is 0 Å². The zero-order valence-electron chi connectivity index (χ0n) is 16.9. The molecule has 1 fully saturated rings. The highest BCUT2D eigenvalue weighted by molar-refractivity contribution is 7.09. The molecule has 0 saturated carbocycles. The van der Waals surface area contributed by atoms with Gasteiger partial charge in [0.15, 0.2) is 0 Å². The number of likely N-dealkylation sites (tertiary alicyclic amines) is 1. The van der Waals surface area contributed by atoms with Crippen LogP contribution in [0, 0.1) is 0 Å². The van der Waals surface area contributed by atoms with Crippen molar-refractivity contribution in [2.45, 2.75) is 31.8 Å². The van der Waals surface area contributed by atoms with Gasteiger partial charge < -0.3 is 9.47 Å². The Morgan fingerprint density at radius 1 is 1.11 bits per heavy atom. The first-order valence-corrected chi connectivity index (χ1v) is 10.7. The van der Waals surface area contributed by atoms with Crippen molar-refractivity contribution in [3.63, 3.8) is 0 Å². The second-order valence-corrected chi connectivity index (χ2v) is 8.76. The van der Waals surface area contributed by atoms with E-state index in [1.807, 2.05) is 6.07 Å². The van der Waals surface area contributed by atoms with Gasteiger partial charge in [0.1, 0.15) is 16.7 Å². The lowest BCUT2D eigenvalue weighted by molar-refractivity contribution is 0.200. The molecule has 1 saturated heterocycles. The van der Waals surface area contributed by atoms with Crippen LogP contribution >= 0.6 is 11.3 Å². The molecule has 0 spiro atoms. The van der Waals surface area contributed by atoms with E-state index in [0.29, 0.717) is 5.92 Å². The summed E-state index contributed by atoms with van der Waals surface area (Å²) in [6.07, 6.45) is 2.26. The van der Waals surface area contributed by atoms with Crippen molar-refractivity contribution >= 4 is 11.3 Å². The average Bonchev–Trinajstić information content (AvgIpc) is 3.30. The molecule has 1 aromatic carbocycles. The topological polar surface area (TPSA) is 50.1 Å². The standard InChI is InChI=1S/C21H28N6S/c1-25(2)13-19-23-24-21(26(19)3)17-9-11-27(12-10-17)14-20-22-18(15-28-20)16-7-5-4-6-8-16/h4-8,15,17H,9-14H2,1-3H3. The number of rotatable bonds is 6. The van der Waals surface area contributed by atoms with Crippen LogP contribution in [-0.4, -0.2) is 56.7 Å². The van der Waals surface area contributed by atoms with Crippen molar-refractivity contribution < 1.29 is 0 Å². The zero-order valence-corrected chi connectivity index (χ0v) is 17.7. The first kappa shape index (κ1) is 19.2. The second kappa shape index (κ2) is 8.51. The Morgan fingerprint density at radius 2 is 1.86 bits per heavy atom. The van der Waals surface area contributed by atoms with Gasteiger partial charge in [0.2, 0.25) is 0 Å². The number of aromatic nitrogens is 4. The molecule has 4 rings (SSSR count). The molecule has 3 aromatic rings. The Bertz CT molecular complexity index is 893. The minimum atomic E-state index is 0.501. The van der Waals surface area contributed by atoms with E-state index in [1.54, 1.807) is 11.3 Å². The number of hydrogen-bond donors (Lipinski definition) is 0. The number of piperidine rings is 1. The van der Waals surface area contributed by atoms with Gasteiger partial charge >= 0.3 is 0 Å². The van der Waals surface area contributed by atoms with Gasteiger partial charge in [-0.1, -0.05) is 30.3 Å². The molecular weight excluding hydrogens is 368 g/mol. The summed E-state index contributed by atoms with van der Waals surface area (Å²) in [5.41, 5.74) is 2.28. The SMILES string of the molecule is CN(C)Cc1nnc(C2CCN(Cc3nc(-c4ccccc4)cs3)CC2)n1C. The molecule has 28 heavy (non-hydrogen) atoms. The van der Waals surface area contributed by atoms with Gasteiger partial charge in [0, 0.05) is 23.9 Å². The van der Waals surface area contributed by atoms with Crippen LogP contribution in [0.15, 0.2) is 35.7 Å². The molecule has 2 aromatic heterocycles. The summed E-state index contributed by atoms with van der Waals surface area (Å²) in [7, 11) is 6.23. The Hall–Kier alpha value is -2.09. The summed E-state index contributed by atoms with van der Waals surface area (Å²) < 4.78 is 2.19. The average molecular weight is 397 g/mol. The monoisotopic (exact) mass is 396 g/mol. The maximum Gasteiger partial charge on any atom is 0.146 e. The van der Waals surface area contributed by atoms with Crippen molar-refractivity contribution in [1.82, 2.24) is 29.5 Å². The highest BCUT2D eigenvalue weighted by atomic mass is 32.1. The van der Waals surface area contributed by atoms with Crippen LogP contribution in [0.3, 0.4) is 0 Å². The summed E-state index contributed by atoms with van der Waals surface area (Å²) in [6, 6.07) is 10.4. The van der Waals surface area contributed by atoms with Gasteiger partial charge in [-0.15, -0.1) is 21.5 Å². The number of benzene rings is 1. The van der Waals surface area contributed by atoms with Crippen molar-refractivity contribution in [3.05, 3.63) is 52.4 Å². The zero-order chi connectivity index (χ0) is 19.5. The first-order valence-electron chi connectivity index (χ1n) is 9.85. The van der Waals surface area contributed by atoms with Gasteiger partial charge in [0.25, 0.3) is 0 Å². The van der Waals surface area contributed by atoms with E-state index < -0.39 is 0 Å². The first-order chi connectivity index (χ1) is 13.6. The summed E-state index contributed by atoms with van der Waals surface area (Å²) in [6.45, 7) is 3.94. The fraction of sp³-hybridized carbons (Fsp3) is 0.476. The molecule has 0 N–H and O–H groups in total. The van der Waals surface area contributed by atoms with Crippen LogP contribution < -0.4 is 0 Å². The number of hydrogen-bond acceptors (Lipinski definition) is 6. The highest BCUT2D eigenvalue weighted by Crippen LogP contribution is 2.29. The Balaban J connectivity index is 1.34. The molecule has 1 aliphatic heterocycles. The van der Waals surface area contributed by atoms with Gasteiger partial charge in [-0.2, -0.15) is 0 Å². The Labute approximate surface area is 170 Å². The molecule has 7 heteroatoms. The summed E-state index contributed by atoms with van der Waals surface area (Å²) in [5, 5.41) is 12.3. The molecule has 0 radical (unpaired) electrons.